The third-order valence-electron chi connectivity index (χ3n) is 3.88. The molecule has 0 radical (unpaired) electrons. The van der Waals surface area contributed by atoms with Crippen LogP contribution in [-0.4, -0.2) is 15.6 Å². The Balaban J connectivity index is 1.61. The van der Waals surface area contributed by atoms with Gasteiger partial charge in [-0.2, -0.15) is 0 Å². The summed E-state index contributed by atoms with van der Waals surface area (Å²) in [6.07, 6.45) is 3.75. The molecule has 5 heteroatoms. The van der Waals surface area contributed by atoms with E-state index in [-0.39, 0.29) is 6.03 Å². The Morgan fingerprint density at radius 2 is 1.79 bits per heavy atom. The quantitative estimate of drug-likeness (QED) is 0.757. The van der Waals surface area contributed by atoms with Gasteiger partial charge in [-0.1, -0.05) is 30.3 Å². The molecule has 1 aromatic heterocycles. The van der Waals surface area contributed by atoms with Gasteiger partial charge in [0.05, 0.1) is 0 Å². The Bertz CT molecular complexity index is 837. The second kappa shape index (κ2) is 7.00. The summed E-state index contributed by atoms with van der Waals surface area (Å²) in [5.41, 5.74) is 3.74. The maximum atomic E-state index is 12.1. The molecule has 2 N–H and O–H groups in total. The molecule has 122 valence electrons. The van der Waals surface area contributed by atoms with E-state index < -0.39 is 0 Å². The predicted molar refractivity (Wildman–Crippen MR) is 96.3 cm³/mol. The number of benzene rings is 2. The van der Waals surface area contributed by atoms with E-state index in [9.17, 15) is 4.79 Å². The molecule has 0 unspecified atom stereocenters. The van der Waals surface area contributed by atoms with Crippen molar-refractivity contribution in [3.05, 3.63) is 77.9 Å². The first-order chi connectivity index (χ1) is 11.6. The van der Waals surface area contributed by atoms with E-state index in [1.807, 2.05) is 68.6 Å². The van der Waals surface area contributed by atoms with E-state index >= 15 is 0 Å². The number of imidazole rings is 1. The van der Waals surface area contributed by atoms with Crippen molar-refractivity contribution in [2.75, 3.05) is 10.6 Å². The number of aromatic nitrogens is 2. The number of aryl methyl sites for hydroxylation is 2. The van der Waals surface area contributed by atoms with Crippen molar-refractivity contribution in [3.63, 3.8) is 0 Å². The van der Waals surface area contributed by atoms with Crippen LogP contribution in [0.2, 0.25) is 0 Å². The molecule has 3 rings (SSSR count). The number of rotatable bonds is 4. The van der Waals surface area contributed by atoms with Gasteiger partial charge in [-0.3, -0.25) is 0 Å². The van der Waals surface area contributed by atoms with Crippen LogP contribution in [0.5, 0.6) is 0 Å². The predicted octanol–water partition coefficient (Wildman–Crippen LogP) is 4.19. The first-order valence-electron chi connectivity index (χ1n) is 7.82. The van der Waals surface area contributed by atoms with Crippen molar-refractivity contribution >= 4 is 17.4 Å². The number of hydrogen-bond donors (Lipinski definition) is 2. The molecule has 0 fully saturated rings. The molecule has 0 aliphatic rings. The smallest absolute Gasteiger partial charge is 0.323 e. The lowest BCUT2D eigenvalue weighted by Crippen LogP contribution is -2.19. The number of nitrogens with zero attached hydrogens (tertiary/aromatic N) is 2. The summed E-state index contributed by atoms with van der Waals surface area (Å²) in [7, 11) is 0. The second-order valence-corrected chi connectivity index (χ2v) is 5.69. The van der Waals surface area contributed by atoms with E-state index in [1.165, 1.54) is 0 Å². The van der Waals surface area contributed by atoms with Crippen molar-refractivity contribution in [1.82, 2.24) is 9.55 Å². The molecule has 0 aliphatic heterocycles. The SMILES string of the molecule is Cc1ccccc1NC(=O)Nc1ccc(Cn2ccnc2C)cc1. The summed E-state index contributed by atoms with van der Waals surface area (Å²) >= 11 is 0. The fraction of sp³-hybridized carbons (Fsp3) is 0.158. The van der Waals surface area contributed by atoms with Crippen molar-refractivity contribution in [3.8, 4) is 0 Å². The first kappa shape index (κ1) is 15.8. The van der Waals surface area contributed by atoms with E-state index in [4.69, 9.17) is 0 Å². The maximum Gasteiger partial charge on any atom is 0.323 e. The normalized spacial score (nSPS) is 10.4. The van der Waals surface area contributed by atoms with Gasteiger partial charge in [0, 0.05) is 30.3 Å². The van der Waals surface area contributed by atoms with Gasteiger partial charge in [0.1, 0.15) is 5.82 Å². The summed E-state index contributed by atoms with van der Waals surface area (Å²) in [6.45, 7) is 4.70. The van der Waals surface area contributed by atoms with Gasteiger partial charge in [-0.25, -0.2) is 9.78 Å². The Hall–Kier alpha value is -3.08. The van der Waals surface area contributed by atoms with E-state index in [1.54, 1.807) is 6.20 Å². The van der Waals surface area contributed by atoms with E-state index in [0.29, 0.717) is 0 Å². The van der Waals surface area contributed by atoms with Crippen LogP contribution >= 0.6 is 0 Å². The highest BCUT2D eigenvalue weighted by Gasteiger charge is 2.05. The average Bonchev–Trinajstić information content (AvgIpc) is 2.96. The minimum Gasteiger partial charge on any atom is -0.331 e. The number of para-hydroxylation sites is 1. The second-order valence-electron chi connectivity index (χ2n) is 5.69. The zero-order valence-electron chi connectivity index (χ0n) is 13.8. The Morgan fingerprint density at radius 1 is 1.04 bits per heavy atom. The molecule has 0 atom stereocenters. The van der Waals surface area contributed by atoms with Gasteiger partial charge in [0.2, 0.25) is 0 Å². The number of anilines is 2. The standard InChI is InChI=1S/C19H20N4O/c1-14-5-3-4-6-18(14)22-19(24)21-17-9-7-16(8-10-17)13-23-12-11-20-15(23)2/h3-12H,13H2,1-2H3,(H2,21,22,24). The van der Waals surface area contributed by atoms with Crippen molar-refractivity contribution in [2.24, 2.45) is 0 Å². The molecule has 0 bridgehead atoms. The largest absolute Gasteiger partial charge is 0.331 e. The van der Waals surface area contributed by atoms with Crippen LogP contribution in [0.1, 0.15) is 17.0 Å². The van der Waals surface area contributed by atoms with Crippen LogP contribution in [-0.2, 0) is 6.54 Å². The number of carbonyl (C=O) groups excluding carboxylic acids is 1. The fourth-order valence-electron chi connectivity index (χ4n) is 2.46. The fourth-order valence-corrected chi connectivity index (χ4v) is 2.46. The van der Waals surface area contributed by atoms with Gasteiger partial charge in [-0.15, -0.1) is 0 Å². The topological polar surface area (TPSA) is 59.0 Å². The lowest BCUT2D eigenvalue weighted by Gasteiger charge is -2.10. The molecule has 2 aromatic carbocycles. The van der Waals surface area contributed by atoms with E-state index in [2.05, 4.69) is 20.2 Å². The zero-order valence-corrected chi connectivity index (χ0v) is 13.8. The summed E-state index contributed by atoms with van der Waals surface area (Å²) in [4.78, 5) is 16.3. The number of urea groups is 1. The van der Waals surface area contributed by atoms with Crippen molar-refractivity contribution < 1.29 is 4.79 Å². The highest BCUT2D eigenvalue weighted by atomic mass is 16.2. The Labute approximate surface area is 141 Å². The lowest BCUT2D eigenvalue weighted by atomic mass is 10.2. The minimum absolute atomic E-state index is 0.248. The zero-order chi connectivity index (χ0) is 16.9. The molecule has 0 saturated heterocycles. The van der Waals surface area contributed by atoms with Crippen LogP contribution in [0.3, 0.4) is 0 Å². The molecular formula is C19H20N4O. The minimum atomic E-state index is -0.248. The number of amides is 2. The molecule has 0 aliphatic carbocycles. The molecule has 3 aromatic rings. The van der Waals surface area contributed by atoms with Crippen LogP contribution in [0.4, 0.5) is 16.2 Å². The molecule has 1 heterocycles. The molecule has 5 nitrogen and oxygen atoms in total. The van der Waals surface area contributed by atoms with Crippen molar-refractivity contribution in [2.45, 2.75) is 20.4 Å². The molecule has 0 saturated carbocycles. The molecule has 0 spiro atoms. The first-order valence-corrected chi connectivity index (χ1v) is 7.82. The molecular weight excluding hydrogens is 300 g/mol. The summed E-state index contributed by atoms with van der Waals surface area (Å²) in [6, 6.07) is 15.2. The molecule has 2 amide bonds. The van der Waals surface area contributed by atoms with Gasteiger partial charge >= 0.3 is 6.03 Å². The van der Waals surface area contributed by atoms with Crippen LogP contribution in [0.15, 0.2) is 60.9 Å². The Kier molecular flexibility index (Phi) is 4.61. The monoisotopic (exact) mass is 320 g/mol. The highest BCUT2D eigenvalue weighted by molar-refractivity contribution is 6.00. The van der Waals surface area contributed by atoms with Gasteiger partial charge in [0.25, 0.3) is 0 Å². The average molecular weight is 320 g/mol. The number of hydrogen-bond acceptors (Lipinski definition) is 2. The number of carbonyl (C=O) groups is 1. The van der Waals surface area contributed by atoms with Gasteiger partial charge < -0.3 is 15.2 Å². The van der Waals surface area contributed by atoms with Gasteiger partial charge in [-0.05, 0) is 43.2 Å². The third-order valence-corrected chi connectivity index (χ3v) is 3.88. The Morgan fingerprint density at radius 3 is 2.46 bits per heavy atom. The highest BCUT2D eigenvalue weighted by Crippen LogP contribution is 2.15. The number of nitrogens with one attached hydrogen (secondary N) is 2. The molecule has 24 heavy (non-hydrogen) atoms. The van der Waals surface area contributed by atoms with Crippen LogP contribution < -0.4 is 10.6 Å². The van der Waals surface area contributed by atoms with Crippen LogP contribution in [0, 0.1) is 13.8 Å². The summed E-state index contributed by atoms with van der Waals surface area (Å²) in [5, 5.41) is 5.70. The lowest BCUT2D eigenvalue weighted by molar-refractivity contribution is 0.262. The van der Waals surface area contributed by atoms with Gasteiger partial charge in [0.15, 0.2) is 0 Å². The van der Waals surface area contributed by atoms with Crippen LogP contribution in [0.25, 0.3) is 0 Å². The van der Waals surface area contributed by atoms with Crippen molar-refractivity contribution in [1.29, 1.82) is 0 Å². The third kappa shape index (κ3) is 3.81. The summed E-state index contributed by atoms with van der Waals surface area (Å²) in [5.74, 6) is 0.981. The summed E-state index contributed by atoms with van der Waals surface area (Å²) < 4.78 is 2.08. The van der Waals surface area contributed by atoms with E-state index in [0.717, 1.165) is 34.9 Å². The maximum absolute atomic E-state index is 12.1.